The molecule has 2 rings (SSSR count). The van der Waals surface area contributed by atoms with Gasteiger partial charge in [0.15, 0.2) is 0 Å². The molecule has 1 N–H and O–H groups in total. The lowest BCUT2D eigenvalue weighted by Gasteiger charge is -2.06. The first kappa shape index (κ1) is 11.9. The van der Waals surface area contributed by atoms with Gasteiger partial charge in [0.05, 0.1) is 5.69 Å². The van der Waals surface area contributed by atoms with Crippen molar-refractivity contribution in [2.24, 2.45) is 0 Å². The zero-order valence-corrected chi connectivity index (χ0v) is 10.3. The summed E-state index contributed by atoms with van der Waals surface area (Å²) < 4.78 is 3.35. The Balaban J connectivity index is 2.18. The molecule has 5 heteroatoms. The number of aromatic nitrogens is 3. The van der Waals surface area contributed by atoms with E-state index >= 15 is 0 Å². The maximum Gasteiger partial charge on any atom is 0.276 e. The van der Waals surface area contributed by atoms with Gasteiger partial charge in [-0.25, -0.2) is 4.52 Å². The molecule has 0 radical (unpaired) electrons. The Kier molecular flexibility index (Phi) is 3.58. The highest BCUT2D eigenvalue weighted by Gasteiger charge is 2.04. The van der Waals surface area contributed by atoms with Gasteiger partial charge in [-0.15, -0.1) is 0 Å². The standard InChI is InChI=1S/C12H18N4O/c1-3-4-13-5-6-15-7-8-16-11(12(15)17)9-10(2)14-16/h7-9,13H,3-6H2,1-2H3. The average molecular weight is 234 g/mol. The number of aryl methyl sites for hydroxylation is 1. The van der Waals surface area contributed by atoms with Gasteiger partial charge in [-0.1, -0.05) is 6.92 Å². The van der Waals surface area contributed by atoms with Crippen LogP contribution in [-0.4, -0.2) is 27.3 Å². The predicted octanol–water partition coefficient (Wildman–Crippen LogP) is 0.804. The zero-order chi connectivity index (χ0) is 12.3. The Bertz CT molecular complexity index is 555. The van der Waals surface area contributed by atoms with Crippen molar-refractivity contribution in [1.29, 1.82) is 0 Å². The largest absolute Gasteiger partial charge is 0.315 e. The van der Waals surface area contributed by atoms with E-state index in [0.717, 1.165) is 25.2 Å². The summed E-state index contributed by atoms with van der Waals surface area (Å²) in [6.45, 7) is 6.51. The molecule has 0 aromatic carbocycles. The summed E-state index contributed by atoms with van der Waals surface area (Å²) in [5.74, 6) is 0. The molecule has 0 aliphatic heterocycles. The van der Waals surface area contributed by atoms with E-state index in [-0.39, 0.29) is 5.56 Å². The van der Waals surface area contributed by atoms with E-state index in [9.17, 15) is 4.79 Å². The summed E-state index contributed by atoms with van der Waals surface area (Å²) in [5, 5.41) is 7.49. The van der Waals surface area contributed by atoms with Crippen LogP contribution < -0.4 is 10.9 Å². The molecule has 2 aromatic rings. The Morgan fingerprint density at radius 3 is 2.94 bits per heavy atom. The van der Waals surface area contributed by atoms with Crippen molar-refractivity contribution < 1.29 is 0 Å². The third-order valence-electron chi connectivity index (χ3n) is 2.68. The first-order chi connectivity index (χ1) is 8.22. The number of nitrogens with one attached hydrogen (secondary N) is 1. The van der Waals surface area contributed by atoms with Gasteiger partial charge in [0.1, 0.15) is 5.52 Å². The van der Waals surface area contributed by atoms with Gasteiger partial charge >= 0.3 is 0 Å². The van der Waals surface area contributed by atoms with Crippen LogP contribution >= 0.6 is 0 Å². The van der Waals surface area contributed by atoms with Crippen molar-refractivity contribution >= 4 is 5.52 Å². The Morgan fingerprint density at radius 2 is 2.18 bits per heavy atom. The summed E-state index contributed by atoms with van der Waals surface area (Å²) in [6, 6.07) is 1.82. The minimum absolute atomic E-state index is 0.0198. The number of nitrogens with zero attached hydrogens (tertiary/aromatic N) is 3. The highest BCUT2D eigenvalue weighted by atomic mass is 16.1. The van der Waals surface area contributed by atoms with Gasteiger partial charge in [0, 0.05) is 25.5 Å². The summed E-state index contributed by atoms with van der Waals surface area (Å²) in [4.78, 5) is 12.1. The minimum atomic E-state index is 0.0198. The smallest absolute Gasteiger partial charge is 0.276 e. The Morgan fingerprint density at radius 1 is 1.35 bits per heavy atom. The van der Waals surface area contributed by atoms with Crippen molar-refractivity contribution in [3.63, 3.8) is 0 Å². The normalized spacial score (nSPS) is 11.2. The molecule has 0 spiro atoms. The lowest BCUT2D eigenvalue weighted by molar-refractivity contribution is 0.580. The highest BCUT2D eigenvalue weighted by Crippen LogP contribution is 1.99. The van der Waals surface area contributed by atoms with Crippen molar-refractivity contribution in [1.82, 2.24) is 19.5 Å². The summed E-state index contributed by atoms with van der Waals surface area (Å²) >= 11 is 0. The fourth-order valence-electron chi connectivity index (χ4n) is 1.83. The lowest BCUT2D eigenvalue weighted by Crippen LogP contribution is -2.27. The molecular formula is C12H18N4O. The first-order valence-electron chi connectivity index (χ1n) is 5.98. The van der Waals surface area contributed by atoms with Gasteiger partial charge in [-0.3, -0.25) is 4.79 Å². The number of fused-ring (bicyclic) bond motifs is 1. The number of hydrogen-bond donors (Lipinski definition) is 1. The van der Waals surface area contributed by atoms with E-state index in [1.807, 2.05) is 19.2 Å². The van der Waals surface area contributed by atoms with Crippen LogP contribution in [0.4, 0.5) is 0 Å². The summed E-state index contributed by atoms with van der Waals surface area (Å²) in [7, 11) is 0. The molecule has 0 aliphatic carbocycles. The van der Waals surface area contributed by atoms with Gasteiger partial charge in [0.2, 0.25) is 0 Å². The quantitative estimate of drug-likeness (QED) is 0.779. The molecule has 0 saturated heterocycles. The molecule has 0 bridgehead atoms. The summed E-state index contributed by atoms with van der Waals surface area (Å²) in [5.41, 5.74) is 1.52. The van der Waals surface area contributed by atoms with Crippen LogP contribution in [0.1, 0.15) is 19.0 Å². The Hall–Kier alpha value is -1.62. The van der Waals surface area contributed by atoms with Crippen LogP contribution in [0.3, 0.4) is 0 Å². The number of rotatable bonds is 5. The predicted molar refractivity (Wildman–Crippen MR) is 67.3 cm³/mol. The molecule has 2 aromatic heterocycles. The lowest BCUT2D eigenvalue weighted by atomic mass is 10.4. The Labute approximate surface area is 100 Å². The van der Waals surface area contributed by atoms with Crippen molar-refractivity contribution in [3.8, 4) is 0 Å². The van der Waals surface area contributed by atoms with E-state index in [1.165, 1.54) is 0 Å². The van der Waals surface area contributed by atoms with Gasteiger partial charge in [-0.05, 0) is 26.0 Å². The van der Waals surface area contributed by atoms with Crippen LogP contribution in [0.5, 0.6) is 0 Å². The summed E-state index contributed by atoms with van der Waals surface area (Å²) in [6.07, 6.45) is 4.72. The molecule has 0 saturated carbocycles. The third kappa shape index (κ3) is 2.55. The van der Waals surface area contributed by atoms with Gasteiger partial charge in [-0.2, -0.15) is 5.10 Å². The maximum absolute atomic E-state index is 12.1. The minimum Gasteiger partial charge on any atom is -0.315 e. The van der Waals surface area contributed by atoms with Crippen LogP contribution in [0.2, 0.25) is 0 Å². The molecular weight excluding hydrogens is 216 g/mol. The fraction of sp³-hybridized carbons (Fsp3) is 0.500. The first-order valence-corrected chi connectivity index (χ1v) is 5.98. The second-order valence-corrected chi connectivity index (χ2v) is 4.16. The third-order valence-corrected chi connectivity index (χ3v) is 2.68. The van der Waals surface area contributed by atoms with Crippen LogP contribution in [0, 0.1) is 6.92 Å². The van der Waals surface area contributed by atoms with E-state index in [1.54, 1.807) is 15.3 Å². The molecule has 0 fully saturated rings. The maximum atomic E-state index is 12.1. The highest BCUT2D eigenvalue weighted by molar-refractivity contribution is 5.44. The topological polar surface area (TPSA) is 51.3 Å². The molecule has 0 amide bonds. The SMILES string of the molecule is CCCNCCn1ccn2nc(C)cc2c1=O. The van der Waals surface area contributed by atoms with Gasteiger partial charge in [0.25, 0.3) is 5.56 Å². The molecule has 5 nitrogen and oxygen atoms in total. The van der Waals surface area contributed by atoms with Crippen molar-refractivity contribution in [2.45, 2.75) is 26.8 Å². The van der Waals surface area contributed by atoms with Crippen molar-refractivity contribution in [2.75, 3.05) is 13.1 Å². The second-order valence-electron chi connectivity index (χ2n) is 4.16. The molecule has 0 unspecified atom stereocenters. The van der Waals surface area contributed by atoms with Crippen LogP contribution in [0.25, 0.3) is 5.52 Å². The van der Waals surface area contributed by atoms with Gasteiger partial charge < -0.3 is 9.88 Å². The molecule has 0 aliphatic rings. The van der Waals surface area contributed by atoms with Crippen LogP contribution in [0.15, 0.2) is 23.3 Å². The van der Waals surface area contributed by atoms with E-state index in [0.29, 0.717) is 12.1 Å². The molecule has 0 atom stereocenters. The van der Waals surface area contributed by atoms with E-state index in [4.69, 9.17) is 0 Å². The monoisotopic (exact) mass is 234 g/mol. The van der Waals surface area contributed by atoms with Crippen LogP contribution in [-0.2, 0) is 6.54 Å². The second kappa shape index (κ2) is 5.14. The molecule has 2 heterocycles. The van der Waals surface area contributed by atoms with E-state index in [2.05, 4.69) is 17.3 Å². The average Bonchev–Trinajstić information content (AvgIpc) is 2.69. The number of hydrogen-bond acceptors (Lipinski definition) is 3. The zero-order valence-electron chi connectivity index (χ0n) is 10.3. The molecule has 17 heavy (non-hydrogen) atoms. The fourth-order valence-corrected chi connectivity index (χ4v) is 1.83. The van der Waals surface area contributed by atoms with Crippen molar-refractivity contribution in [3.05, 3.63) is 34.5 Å². The van der Waals surface area contributed by atoms with E-state index < -0.39 is 0 Å². The molecule has 92 valence electrons.